The van der Waals surface area contributed by atoms with Crippen LogP contribution in [0.1, 0.15) is 55.3 Å². The Bertz CT molecular complexity index is 1270. The number of nitrogens with one attached hydrogen (secondary N) is 2. The van der Waals surface area contributed by atoms with E-state index in [0.29, 0.717) is 38.6 Å². The smallest absolute Gasteiger partial charge is 0.408 e. The second-order valence-electron chi connectivity index (χ2n) is 9.43. The van der Waals surface area contributed by atoms with E-state index in [9.17, 15) is 14.0 Å². The number of hydrogen-bond donors (Lipinski definition) is 3. The topological polar surface area (TPSA) is 128 Å². The van der Waals surface area contributed by atoms with Crippen molar-refractivity contribution < 1.29 is 23.5 Å². The number of anilines is 2. The van der Waals surface area contributed by atoms with E-state index in [1.54, 1.807) is 33.8 Å². The summed E-state index contributed by atoms with van der Waals surface area (Å²) in [5, 5.41) is 6.73. The first-order valence-electron chi connectivity index (χ1n) is 11.3. The zero-order valence-corrected chi connectivity index (χ0v) is 20.8. The molecule has 0 radical (unpaired) electrons. The zero-order valence-electron chi connectivity index (χ0n) is 20.0. The predicted molar refractivity (Wildman–Crippen MR) is 132 cm³/mol. The zero-order chi connectivity index (χ0) is 25.3. The van der Waals surface area contributed by atoms with E-state index in [-0.39, 0.29) is 17.9 Å². The number of benzene rings is 1. The van der Waals surface area contributed by atoms with Gasteiger partial charge < -0.3 is 25.8 Å². The molecule has 9 nitrogen and oxygen atoms in total. The van der Waals surface area contributed by atoms with E-state index in [2.05, 4.69) is 20.6 Å². The second kappa shape index (κ2) is 9.65. The number of hydrogen-bond acceptors (Lipinski definition) is 8. The van der Waals surface area contributed by atoms with Crippen molar-refractivity contribution in [3.8, 4) is 5.75 Å². The fraction of sp³-hybridized carbons (Fsp3) is 0.417. The Balaban J connectivity index is 1.59. The van der Waals surface area contributed by atoms with Crippen LogP contribution in [-0.4, -0.2) is 39.7 Å². The average Bonchev–Trinajstić information content (AvgIpc) is 3.33. The molecule has 0 saturated heterocycles. The Morgan fingerprint density at radius 2 is 2.00 bits per heavy atom. The molecule has 2 aromatic heterocycles. The molecule has 0 unspecified atom stereocenters. The number of nitrogens with two attached hydrogens (primary N) is 1. The number of amides is 2. The molecule has 1 saturated carbocycles. The molecular weight excluding hydrogens is 473 g/mol. The van der Waals surface area contributed by atoms with Gasteiger partial charge in [-0.05, 0) is 64.7 Å². The Morgan fingerprint density at radius 1 is 1.23 bits per heavy atom. The molecule has 2 atom stereocenters. The van der Waals surface area contributed by atoms with Crippen LogP contribution in [-0.2, 0) is 4.74 Å². The first kappa shape index (κ1) is 24.6. The first-order valence-corrected chi connectivity index (χ1v) is 12.1. The SMILES string of the molecule is Cc1c(C(N)=O)sc2ncnc(Nc3ccc(F)cc3O[C@H]3CCC[C@@H]3NC(=O)OC(C)(C)C)c12. The van der Waals surface area contributed by atoms with Crippen LogP contribution in [0.2, 0.25) is 0 Å². The number of aryl methyl sites for hydroxylation is 1. The van der Waals surface area contributed by atoms with Gasteiger partial charge in [0.1, 0.15) is 40.2 Å². The Morgan fingerprint density at radius 3 is 2.71 bits per heavy atom. The number of alkyl carbamates (subject to hydrolysis) is 1. The number of halogens is 1. The molecule has 1 aliphatic carbocycles. The van der Waals surface area contributed by atoms with Gasteiger partial charge in [-0.2, -0.15) is 0 Å². The van der Waals surface area contributed by atoms with Gasteiger partial charge in [0, 0.05) is 6.07 Å². The lowest BCUT2D eigenvalue weighted by molar-refractivity contribution is 0.0464. The minimum atomic E-state index is -0.615. The molecule has 11 heteroatoms. The molecule has 2 amide bonds. The number of rotatable bonds is 6. The number of carbonyl (C=O) groups is 2. The summed E-state index contributed by atoms with van der Waals surface area (Å²) in [5.74, 6) is -0.270. The van der Waals surface area contributed by atoms with E-state index in [1.165, 1.54) is 29.8 Å². The molecule has 2 heterocycles. The summed E-state index contributed by atoms with van der Waals surface area (Å²) in [4.78, 5) is 33.7. The first-order chi connectivity index (χ1) is 16.5. The molecule has 1 aliphatic rings. The lowest BCUT2D eigenvalue weighted by Crippen LogP contribution is -2.44. The van der Waals surface area contributed by atoms with E-state index >= 15 is 0 Å². The lowest BCUT2D eigenvalue weighted by Gasteiger charge is -2.26. The highest BCUT2D eigenvalue weighted by atomic mass is 32.1. The average molecular weight is 502 g/mol. The predicted octanol–water partition coefficient (Wildman–Crippen LogP) is 4.81. The van der Waals surface area contributed by atoms with Crippen molar-refractivity contribution in [3.63, 3.8) is 0 Å². The third-order valence-corrected chi connectivity index (χ3v) is 6.79. The largest absolute Gasteiger partial charge is 0.486 e. The van der Waals surface area contributed by atoms with Crippen LogP contribution in [0, 0.1) is 12.7 Å². The van der Waals surface area contributed by atoms with Crippen molar-refractivity contribution in [1.82, 2.24) is 15.3 Å². The van der Waals surface area contributed by atoms with Gasteiger partial charge in [0.05, 0.1) is 22.0 Å². The van der Waals surface area contributed by atoms with Crippen LogP contribution >= 0.6 is 11.3 Å². The molecule has 1 aromatic carbocycles. The van der Waals surface area contributed by atoms with Gasteiger partial charge in [0.2, 0.25) is 0 Å². The van der Waals surface area contributed by atoms with Crippen LogP contribution in [0.4, 0.5) is 20.7 Å². The van der Waals surface area contributed by atoms with E-state index < -0.39 is 23.4 Å². The lowest BCUT2D eigenvalue weighted by atomic mass is 10.2. The summed E-state index contributed by atoms with van der Waals surface area (Å²) in [5.41, 5.74) is 6.04. The summed E-state index contributed by atoms with van der Waals surface area (Å²) in [7, 11) is 0. The highest BCUT2D eigenvalue weighted by Gasteiger charge is 2.32. The molecular formula is C24H28FN5O4S. The van der Waals surface area contributed by atoms with Gasteiger partial charge in [-0.25, -0.2) is 19.2 Å². The quantitative estimate of drug-likeness (QED) is 0.442. The minimum absolute atomic E-state index is 0.274. The highest BCUT2D eigenvalue weighted by molar-refractivity contribution is 7.20. The summed E-state index contributed by atoms with van der Waals surface area (Å²) >= 11 is 1.19. The van der Waals surface area contributed by atoms with Crippen molar-refractivity contribution in [2.45, 2.75) is 64.7 Å². The third kappa shape index (κ3) is 5.61. The van der Waals surface area contributed by atoms with Gasteiger partial charge in [-0.3, -0.25) is 4.79 Å². The molecule has 0 spiro atoms. The molecule has 4 N–H and O–H groups in total. The molecule has 3 aromatic rings. The minimum Gasteiger partial charge on any atom is -0.486 e. The molecule has 35 heavy (non-hydrogen) atoms. The molecule has 0 bridgehead atoms. The van der Waals surface area contributed by atoms with E-state index in [4.69, 9.17) is 15.2 Å². The summed E-state index contributed by atoms with van der Waals surface area (Å²) in [6.07, 6.45) is 2.77. The van der Waals surface area contributed by atoms with Crippen LogP contribution in [0.3, 0.4) is 0 Å². The van der Waals surface area contributed by atoms with E-state index in [1.807, 2.05) is 0 Å². The van der Waals surface area contributed by atoms with Crippen molar-refractivity contribution >= 4 is 45.1 Å². The number of carbonyl (C=O) groups excluding carboxylic acids is 2. The number of ether oxygens (including phenoxy) is 2. The van der Waals surface area contributed by atoms with Gasteiger partial charge in [-0.15, -0.1) is 11.3 Å². The number of aromatic nitrogens is 2. The van der Waals surface area contributed by atoms with Crippen molar-refractivity contribution in [3.05, 3.63) is 40.8 Å². The fourth-order valence-electron chi connectivity index (χ4n) is 4.08. The molecule has 1 fully saturated rings. The second-order valence-corrected chi connectivity index (χ2v) is 10.4. The monoisotopic (exact) mass is 501 g/mol. The van der Waals surface area contributed by atoms with Crippen molar-refractivity contribution in [2.75, 3.05) is 5.32 Å². The Labute approximate surface area is 206 Å². The maximum Gasteiger partial charge on any atom is 0.408 e. The molecule has 186 valence electrons. The van der Waals surface area contributed by atoms with Gasteiger partial charge in [0.25, 0.3) is 5.91 Å². The molecule has 4 rings (SSSR count). The number of nitrogens with zero attached hydrogens (tertiary/aromatic N) is 2. The maximum atomic E-state index is 14.2. The Kier molecular flexibility index (Phi) is 6.79. The van der Waals surface area contributed by atoms with Gasteiger partial charge in [0.15, 0.2) is 0 Å². The van der Waals surface area contributed by atoms with Crippen LogP contribution < -0.4 is 21.1 Å². The summed E-state index contributed by atoms with van der Waals surface area (Å²) in [6, 6.07) is 3.89. The number of thiophene rings is 1. The Hall–Kier alpha value is -3.47. The normalized spacial score (nSPS) is 17.9. The standard InChI is InChI=1S/C24H28FN5O4S/c1-12-18-21(27-11-28-22(18)35-19(12)20(26)31)29-15-9-8-13(25)10-17(15)33-16-7-5-6-14(16)30-23(32)34-24(2,3)4/h8-11,14,16H,5-7H2,1-4H3,(H2,26,31)(H,30,32)(H,27,28,29)/t14-,16-/m0/s1. The fourth-order valence-corrected chi connectivity index (χ4v) is 5.08. The summed E-state index contributed by atoms with van der Waals surface area (Å²) in [6.45, 7) is 7.17. The van der Waals surface area contributed by atoms with Crippen LogP contribution in [0.15, 0.2) is 24.5 Å². The van der Waals surface area contributed by atoms with Crippen LogP contribution in [0.5, 0.6) is 5.75 Å². The van der Waals surface area contributed by atoms with Crippen molar-refractivity contribution in [1.29, 1.82) is 0 Å². The molecule has 0 aliphatic heterocycles. The van der Waals surface area contributed by atoms with Crippen LogP contribution in [0.25, 0.3) is 10.2 Å². The summed E-state index contributed by atoms with van der Waals surface area (Å²) < 4.78 is 25.8. The number of fused-ring (bicyclic) bond motifs is 1. The third-order valence-electron chi connectivity index (χ3n) is 5.58. The van der Waals surface area contributed by atoms with E-state index in [0.717, 1.165) is 12.8 Å². The van der Waals surface area contributed by atoms with Gasteiger partial charge >= 0.3 is 6.09 Å². The van der Waals surface area contributed by atoms with Gasteiger partial charge in [-0.1, -0.05) is 0 Å². The maximum absolute atomic E-state index is 14.2. The number of primary amides is 1. The van der Waals surface area contributed by atoms with Crippen molar-refractivity contribution in [2.24, 2.45) is 5.73 Å². The highest BCUT2D eigenvalue weighted by Crippen LogP contribution is 2.37.